The van der Waals surface area contributed by atoms with Gasteiger partial charge in [-0.1, -0.05) is 67.3 Å². The van der Waals surface area contributed by atoms with Crippen molar-refractivity contribution in [2.24, 2.45) is 17.6 Å². The number of fused-ring (bicyclic) bond motifs is 1. The average molecular weight is 486 g/mol. The van der Waals surface area contributed by atoms with Crippen molar-refractivity contribution in [3.8, 4) is 0 Å². The van der Waals surface area contributed by atoms with E-state index in [2.05, 4.69) is 71.5 Å². The maximum absolute atomic E-state index is 13.4. The molecular formula is C32H43N3O. The maximum Gasteiger partial charge on any atom is 0.221 e. The number of nitrogens with two attached hydrogens (primary N) is 1. The van der Waals surface area contributed by atoms with Crippen LogP contribution in [-0.2, 0) is 11.3 Å². The van der Waals surface area contributed by atoms with Gasteiger partial charge in [0, 0.05) is 42.0 Å². The number of amides is 1. The van der Waals surface area contributed by atoms with Crippen LogP contribution in [0.15, 0.2) is 54.7 Å². The zero-order chi connectivity index (χ0) is 24.9. The lowest BCUT2D eigenvalue weighted by Crippen LogP contribution is -2.39. The van der Waals surface area contributed by atoms with E-state index in [1.165, 1.54) is 59.7 Å². The van der Waals surface area contributed by atoms with Gasteiger partial charge >= 0.3 is 0 Å². The number of rotatable bonds is 8. The van der Waals surface area contributed by atoms with Crippen molar-refractivity contribution in [2.45, 2.75) is 89.6 Å². The molecule has 2 aromatic carbocycles. The number of nitrogens with one attached hydrogen (secondary N) is 1. The van der Waals surface area contributed by atoms with Gasteiger partial charge < -0.3 is 15.6 Å². The van der Waals surface area contributed by atoms with Crippen molar-refractivity contribution < 1.29 is 4.79 Å². The Hall–Kier alpha value is -2.59. The summed E-state index contributed by atoms with van der Waals surface area (Å²) in [7, 11) is 0. The number of aromatic nitrogens is 1. The summed E-state index contributed by atoms with van der Waals surface area (Å²) in [6.07, 6.45) is 13.9. The van der Waals surface area contributed by atoms with E-state index in [4.69, 9.17) is 5.73 Å². The number of benzene rings is 2. The highest BCUT2D eigenvalue weighted by atomic mass is 16.1. The number of carbonyl (C=O) groups excluding carboxylic acids is 1. The summed E-state index contributed by atoms with van der Waals surface area (Å²) >= 11 is 0. The lowest BCUT2D eigenvalue weighted by molar-refractivity contribution is -0.122. The first-order valence-electron chi connectivity index (χ1n) is 14.2. The molecule has 4 heteroatoms. The van der Waals surface area contributed by atoms with Gasteiger partial charge in [-0.3, -0.25) is 4.79 Å². The van der Waals surface area contributed by atoms with Gasteiger partial charge in [-0.2, -0.15) is 0 Å². The van der Waals surface area contributed by atoms with E-state index in [1.54, 1.807) is 0 Å². The average Bonchev–Trinajstić information content (AvgIpc) is 3.26. The van der Waals surface area contributed by atoms with Gasteiger partial charge in [0.1, 0.15) is 0 Å². The lowest BCUT2D eigenvalue weighted by atomic mass is 9.85. The molecule has 4 nitrogen and oxygen atoms in total. The fourth-order valence-corrected chi connectivity index (χ4v) is 6.66. The Bertz CT molecular complexity index is 1150. The standard InChI is InChI=1S/C32H43N3O/c1-23-8-7-11-26(18-23)29(19-32(36)34-27-16-14-24(20-33)15-17-27)30-22-35(21-25-9-3-2-4-10-25)31-13-6-5-12-28(30)31/h5-8,11-13,18,22,24-25,27,29H,2-4,9-10,14-17,19-21,33H2,1H3,(H,34,36)/t24-,27-,29?. The Morgan fingerprint density at radius 1 is 0.972 bits per heavy atom. The summed E-state index contributed by atoms with van der Waals surface area (Å²) < 4.78 is 2.48. The molecule has 0 spiro atoms. The molecule has 2 saturated carbocycles. The fraction of sp³-hybridized carbons (Fsp3) is 0.531. The van der Waals surface area contributed by atoms with Crippen molar-refractivity contribution >= 4 is 16.8 Å². The summed E-state index contributed by atoms with van der Waals surface area (Å²) in [5, 5.41) is 4.67. The van der Waals surface area contributed by atoms with Crippen LogP contribution in [0.1, 0.15) is 86.8 Å². The van der Waals surface area contributed by atoms with Gasteiger partial charge in [-0.25, -0.2) is 0 Å². The third-order valence-corrected chi connectivity index (χ3v) is 8.75. The summed E-state index contributed by atoms with van der Waals surface area (Å²) in [6, 6.07) is 17.8. The highest BCUT2D eigenvalue weighted by Gasteiger charge is 2.26. The Balaban J connectivity index is 1.42. The molecule has 1 amide bonds. The van der Waals surface area contributed by atoms with Crippen LogP contribution in [0.3, 0.4) is 0 Å². The van der Waals surface area contributed by atoms with Crippen LogP contribution in [-0.4, -0.2) is 23.1 Å². The molecule has 2 aliphatic carbocycles. The van der Waals surface area contributed by atoms with E-state index in [1.807, 2.05) is 0 Å². The SMILES string of the molecule is Cc1cccc(C(CC(=O)N[C@H]2CC[C@H](CN)CC2)c2cn(CC3CCCCC3)c3ccccc23)c1. The first-order chi connectivity index (χ1) is 17.6. The molecule has 2 fully saturated rings. The summed E-state index contributed by atoms with van der Waals surface area (Å²) in [6.45, 7) is 3.99. The molecule has 1 atom stereocenters. The van der Waals surface area contributed by atoms with Crippen LogP contribution in [0.5, 0.6) is 0 Å². The molecule has 0 aliphatic heterocycles. The van der Waals surface area contributed by atoms with Crippen molar-refractivity contribution in [1.29, 1.82) is 0 Å². The maximum atomic E-state index is 13.4. The van der Waals surface area contributed by atoms with Crippen LogP contribution in [0.25, 0.3) is 10.9 Å². The molecule has 0 saturated heterocycles. The van der Waals surface area contributed by atoms with Crippen molar-refractivity contribution in [3.05, 3.63) is 71.4 Å². The van der Waals surface area contributed by atoms with Gasteiger partial charge in [0.15, 0.2) is 0 Å². The second-order valence-electron chi connectivity index (χ2n) is 11.4. The first kappa shape index (κ1) is 25.1. The van der Waals surface area contributed by atoms with Crippen molar-refractivity contribution in [2.75, 3.05) is 6.54 Å². The van der Waals surface area contributed by atoms with E-state index < -0.39 is 0 Å². The molecule has 5 rings (SSSR count). The second-order valence-corrected chi connectivity index (χ2v) is 11.4. The molecule has 3 aromatic rings. The minimum atomic E-state index is 0.0442. The second kappa shape index (κ2) is 11.6. The van der Waals surface area contributed by atoms with Crippen molar-refractivity contribution in [3.63, 3.8) is 0 Å². The minimum absolute atomic E-state index is 0.0442. The highest BCUT2D eigenvalue weighted by molar-refractivity contribution is 5.86. The van der Waals surface area contributed by atoms with Crippen LogP contribution in [0.4, 0.5) is 0 Å². The number of nitrogens with zero attached hydrogens (tertiary/aromatic N) is 1. The Labute approximate surface area is 216 Å². The van der Waals surface area contributed by atoms with Crippen molar-refractivity contribution in [1.82, 2.24) is 9.88 Å². The smallest absolute Gasteiger partial charge is 0.221 e. The van der Waals surface area contributed by atoms with Crippen LogP contribution >= 0.6 is 0 Å². The lowest BCUT2D eigenvalue weighted by Gasteiger charge is -2.29. The number of aryl methyl sites for hydroxylation is 1. The first-order valence-corrected chi connectivity index (χ1v) is 14.2. The number of para-hydroxylation sites is 1. The molecule has 2 aliphatic rings. The molecule has 0 radical (unpaired) electrons. The summed E-state index contributed by atoms with van der Waals surface area (Å²) in [4.78, 5) is 13.4. The topological polar surface area (TPSA) is 60.1 Å². The zero-order valence-electron chi connectivity index (χ0n) is 21.9. The largest absolute Gasteiger partial charge is 0.353 e. The van der Waals surface area contributed by atoms with Gasteiger partial charge in [0.2, 0.25) is 5.91 Å². The monoisotopic (exact) mass is 485 g/mol. The zero-order valence-corrected chi connectivity index (χ0v) is 21.9. The minimum Gasteiger partial charge on any atom is -0.353 e. The molecular weight excluding hydrogens is 442 g/mol. The Morgan fingerprint density at radius 2 is 1.75 bits per heavy atom. The summed E-state index contributed by atoms with van der Waals surface area (Å²) in [5.41, 5.74) is 10.9. The van der Waals surface area contributed by atoms with Crippen LogP contribution in [0, 0.1) is 18.8 Å². The Kier molecular flexibility index (Phi) is 8.11. The predicted molar refractivity (Wildman–Crippen MR) is 149 cm³/mol. The van der Waals surface area contributed by atoms with E-state index in [-0.39, 0.29) is 17.9 Å². The normalized spacial score (nSPS) is 21.9. The van der Waals surface area contributed by atoms with Gasteiger partial charge in [-0.15, -0.1) is 0 Å². The van der Waals surface area contributed by atoms with E-state index in [0.717, 1.165) is 44.7 Å². The number of hydrogen-bond donors (Lipinski definition) is 2. The number of hydrogen-bond acceptors (Lipinski definition) is 2. The molecule has 3 N–H and O–H groups in total. The molecule has 192 valence electrons. The predicted octanol–water partition coefficient (Wildman–Crippen LogP) is 6.69. The van der Waals surface area contributed by atoms with Gasteiger partial charge in [-0.05, 0) is 81.0 Å². The van der Waals surface area contributed by atoms with E-state index in [9.17, 15) is 4.79 Å². The summed E-state index contributed by atoms with van der Waals surface area (Å²) in [5.74, 6) is 1.59. The number of carbonyl (C=O) groups is 1. The molecule has 1 aromatic heterocycles. The van der Waals surface area contributed by atoms with Crippen LogP contribution < -0.4 is 11.1 Å². The third kappa shape index (κ3) is 5.86. The van der Waals surface area contributed by atoms with Crippen LogP contribution in [0.2, 0.25) is 0 Å². The van der Waals surface area contributed by atoms with E-state index in [0.29, 0.717) is 12.3 Å². The van der Waals surface area contributed by atoms with Gasteiger partial charge in [0.25, 0.3) is 0 Å². The molecule has 1 heterocycles. The molecule has 1 unspecified atom stereocenters. The third-order valence-electron chi connectivity index (χ3n) is 8.75. The molecule has 0 bridgehead atoms. The van der Waals surface area contributed by atoms with E-state index >= 15 is 0 Å². The Morgan fingerprint density at radius 3 is 2.50 bits per heavy atom. The highest BCUT2D eigenvalue weighted by Crippen LogP contribution is 2.36. The quantitative estimate of drug-likeness (QED) is 0.374. The molecule has 36 heavy (non-hydrogen) atoms. The fourth-order valence-electron chi connectivity index (χ4n) is 6.66. The van der Waals surface area contributed by atoms with Gasteiger partial charge in [0.05, 0.1) is 0 Å².